The van der Waals surface area contributed by atoms with Gasteiger partial charge in [0.15, 0.2) is 0 Å². The molecule has 0 radical (unpaired) electrons. The van der Waals surface area contributed by atoms with E-state index in [1.807, 2.05) is 31.2 Å². The van der Waals surface area contributed by atoms with Crippen LogP contribution >= 0.6 is 0 Å². The lowest BCUT2D eigenvalue weighted by molar-refractivity contribution is 0.434. The lowest BCUT2D eigenvalue weighted by atomic mass is 10.2. The molecule has 0 atom stereocenters. The second kappa shape index (κ2) is 6.47. The number of nitrogen functional groups attached to an aromatic ring is 1. The SMILES string of the molecule is Cc1ccccc1Oc1c(N)cc(C#N)n1Cc1cccc(F)c1. The first-order chi connectivity index (χ1) is 11.6. The molecule has 0 spiro atoms. The van der Waals surface area contributed by atoms with Crippen molar-refractivity contribution in [3.63, 3.8) is 0 Å². The summed E-state index contributed by atoms with van der Waals surface area (Å²) in [7, 11) is 0. The van der Waals surface area contributed by atoms with Gasteiger partial charge in [0.25, 0.3) is 0 Å². The van der Waals surface area contributed by atoms with Gasteiger partial charge in [-0.2, -0.15) is 5.26 Å². The van der Waals surface area contributed by atoms with Crippen molar-refractivity contribution in [3.05, 3.63) is 77.2 Å². The molecule has 5 heteroatoms. The van der Waals surface area contributed by atoms with Gasteiger partial charge in [0.05, 0.1) is 12.2 Å². The fraction of sp³-hybridized carbons (Fsp3) is 0.105. The summed E-state index contributed by atoms with van der Waals surface area (Å²) < 4.78 is 21.0. The molecule has 0 amide bonds. The molecule has 2 N–H and O–H groups in total. The third-order valence-corrected chi connectivity index (χ3v) is 3.72. The molecule has 0 unspecified atom stereocenters. The van der Waals surface area contributed by atoms with Crippen LogP contribution in [0.3, 0.4) is 0 Å². The number of aryl methyl sites for hydroxylation is 1. The highest BCUT2D eigenvalue weighted by atomic mass is 19.1. The highest BCUT2D eigenvalue weighted by Crippen LogP contribution is 2.33. The lowest BCUT2D eigenvalue weighted by Crippen LogP contribution is -2.05. The number of aromatic nitrogens is 1. The number of para-hydroxylation sites is 1. The molecule has 0 aliphatic rings. The molecule has 120 valence electrons. The fourth-order valence-corrected chi connectivity index (χ4v) is 2.51. The van der Waals surface area contributed by atoms with Crippen molar-refractivity contribution in [3.8, 4) is 17.7 Å². The zero-order chi connectivity index (χ0) is 17.1. The van der Waals surface area contributed by atoms with Crippen LogP contribution in [0.4, 0.5) is 10.1 Å². The van der Waals surface area contributed by atoms with E-state index in [0.29, 0.717) is 29.6 Å². The maximum Gasteiger partial charge on any atom is 0.224 e. The normalized spacial score (nSPS) is 10.4. The summed E-state index contributed by atoms with van der Waals surface area (Å²) in [5, 5.41) is 9.35. The Morgan fingerprint density at radius 1 is 1.17 bits per heavy atom. The van der Waals surface area contributed by atoms with Gasteiger partial charge in [-0.05, 0) is 36.2 Å². The Balaban J connectivity index is 2.02. The molecule has 3 aromatic rings. The number of nitrogens with zero attached hydrogens (tertiary/aromatic N) is 2. The minimum Gasteiger partial charge on any atom is -0.438 e. The molecule has 0 saturated heterocycles. The molecule has 0 aliphatic carbocycles. The van der Waals surface area contributed by atoms with Gasteiger partial charge in [0.2, 0.25) is 5.88 Å². The van der Waals surface area contributed by atoms with Crippen LogP contribution in [0.2, 0.25) is 0 Å². The number of ether oxygens (including phenoxy) is 1. The van der Waals surface area contributed by atoms with Crippen molar-refractivity contribution in [2.75, 3.05) is 5.73 Å². The monoisotopic (exact) mass is 321 g/mol. The molecular formula is C19H16FN3O. The standard InChI is InChI=1S/C19H16FN3O/c1-13-5-2-3-8-18(13)24-19-17(22)10-16(11-21)23(19)12-14-6-4-7-15(20)9-14/h2-10H,12,22H2,1H3. The number of rotatable bonds is 4. The van der Waals surface area contributed by atoms with Crippen molar-refractivity contribution < 1.29 is 9.13 Å². The highest BCUT2D eigenvalue weighted by molar-refractivity contribution is 5.57. The van der Waals surface area contributed by atoms with E-state index >= 15 is 0 Å². The summed E-state index contributed by atoms with van der Waals surface area (Å²) in [6.45, 7) is 2.22. The zero-order valence-electron chi connectivity index (χ0n) is 13.2. The van der Waals surface area contributed by atoms with E-state index in [2.05, 4.69) is 6.07 Å². The molecule has 24 heavy (non-hydrogen) atoms. The van der Waals surface area contributed by atoms with Gasteiger partial charge in [-0.15, -0.1) is 0 Å². The van der Waals surface area contributed by atoms with E-state index in [1.54, 1.807) is 22.8 Å². The van der Waals surface area contributed by atoms with Crippen molar-refractivity contribution in [1.82, 2.24) is 4.57 Å². The van der Waals surface area contributed by atoms with E-state index in [0.717, 1.165) is 11.1 Å². The van der Waals surface area contributed by atoms with Crippen LogP contribution in [0.15, 0.2) is 54.6 Å². The quantitative estimate of drug-likeness (QED) is 0.782. The first kappa shape index (κ1) is 15.6. The van der Waals surface area contributed by atoms with Gasteiger partial charge < -0.3 is 10.5 Å². The Bertz CT molecular complexity index is 925. The fourth-order valence-electron chi connectivity index (χ4n) is 2.51. The lowest BCUT2D eigenvalue weighted by Gasteiger charge is -2.14. The van der Waals surface area contributed by atoms with Crippen molar-refractivity contribution in [1.29, 1.82) is 5.26 Å². The van der Waals surface area contributed by atoms with Crippen LogP contribution in [-0.2, 0) is 6.54 Å². The smallest absolute Gasteiger partial charge is 0.224 e. The van der Waals surface area contributed by atoms with Crippen LogP contribution in [0, 0.1) is 24.1 Å². The molecule has 0 aliphatic heterocycles. The van der Waals surface area contributed by atoms with E-state index in [4.69, 9.17) is 10.5 Å². The number of hydrogen-bond acceptors (Lipinski definition) is 3. The molecule has 0 fully saturated rings. The van der Waals surface area contributed by atoms with Gasteiger partial charge in [-0.3, -0.25) is 4.57 Å². The third kappa shape index (κ3) is 3.08. The molecule has 0 bridgehead atoms. The number of nitriles is 1. The molecule has 1 aromatic heterocycles. The predicted molar refractivity (Wildman–Crippen MR) is 90.3 cm³/mol. The number of benzene rings is 2. The van der Waals surface area contributed by atoms with Gasteiger partial charge in [0, 0.05) is 6.07 Å². The Hall–Kier alpha value is -3.26. The minimum absolute atomic E-state index is 0.291. The van der Waals surface area contributed by atoms with Gasteiger partial charge in [-0.25, -0.2) is 4.39 Å². The number of nitrogens with two attached hydrogens (primary N) is 1. The molecule has 1 heterocycles. The Morgan fingerprint density at radius 2 is 1.96 bits per heavy atom. The maximum atomic E-state index is 13.4. The first-order valence-corrected chi connectivity index (χ1v) is 7.45. The topological polar surface area (TPSA) is 64.0 Å². The second-order valence-corrected chi connectivity index (χ2v) is 5.49. The highest BCUT2D eigenvalue weighted by Gasteiger charge is 2.16. The van der Waals surface area contributed by atoms with Crippen LogP contribution in [0.25, 0.3) is 0 Å². The summed E-state index contributed by atoms with van der Waals surface area (Å²) in [6, 6.07) is 17.4. The molecule has 3 rings (SSSR count). The molecule has 2 aromatic carbocycles. The third-order valence-electron chi connectivity index (χ3n) is 3.72. The van der Waals surface area contributed by atoms with E-state index < -0.39 is 0 Å². The Kier molecular flexibility index (Phi) is 4.21. The van der Waals surface area contributed by atoms with E-state index in [-0.39, 0.29) is 5.82 Å². The summed E-state index contributed by atoms with van der Waals surface area (Å²) >= 11 is 0. The Labute approximate surface area is 139 Å². The number of anilines is 1. The second-order valence-electron chi connectivity index (χ2n) is 5.49. The molecule has 0 saturated carbocycles. The average molecular weight is 321 g/mol. The summed E-state index contributed by atoms with van der Waals surface area (Å²) in [4.78, 5) is 0. The summed E-state index contributed by atoms with van der Waals surface area (Å²) in [5.74, 6) is 0.713. The van der Waals surface area contributed by atoms with Gasteiger partial charge >= 0.3 is 0 Å². The van der Waals surface area contributed by atoms with Crippen LogP contribution < -0.4 is 10.5 Å². The number of halogens is 1. The molecule has 4 nitrogen and oxygen atoms in total. The van der Waals surface area contributed by atoms with Crippen molar-refractivity contribution >= 4 is 5.69 Å². The zero-order valence-corrected chi connectivity index (χ0v) is 13.2. The largest absolute Gasteiger partial charge is 0.438 e. The Morgan fingerprint density at radius 3 is 2.67 bits per heavy atom. The predicted octanol–water partition coefficient (Wildman–Crippen LogP) is 4.23. The van der Waals surface area contributed by atoms with E-state index in [1.165, 1.54) is 12.1 Å². The summed E-state index contributed by atoms with van der Waals surface area (Å²) in [6.07, 6.45) is 0. The van der Waals surface area contributed by atoms with Crippen LogP contribution in [0.5, 0.6) is 11.6 Å². The minimum atomic E-state index is -0.326. The van der Waals surface area contributed by atoms with Crippen molar-refractivity contribution in [2.24, 2.45) is 0 Å². The first-order valence-electron chi connectivity index (χ1n) is 7.45. The van der Waals surface area contributed by atoms with Crippen LogP contribution in [-0.4, -0.2) is 4.57 Å². The summed E-state index contributed by atoms with van der Waals surface area (Å²) in [5.41, 5.74) is 8.43. The van der Waals surface area contributed by atoms with Crippen molar-refractivity contribution in [2.45, 2.75) is 13.5 Å². The van der Waals surface area contributed by atoms with Gasteiger partial charge in [0.1, 0.15) is 23.3 Å². The van der Waals surface area contributed by atoms with Gasteiger partial charge in [-0.1, -0.05) is 30.3 Å². The molecular weight excluding hydrogens is 305 g/mol. The maximum absolute atomic E-state index is 13.4. The average Bonchev–Trinajstić information content (AvgIpc) is 2.85. The van der Waals surface area contributed by atoms with E-state index in [9.17, 15) is 9.65 Å². The number of hydrogen-bond donors (Lipinski definition) is 1. The van der Waals surface area contributed by atoms with Crippen LogP contribution in [0.1, 0.15) is 16.8 Å².